The van der Waals surface area contributed by atoms with Crippen LogP contribution in [-0.4, -0.2) is 35.3 Å². The zero-order valence-corrected chi connectivity index (χ0v) is 7.86. The largest absolute Gasteiger partial charge is 0.329 e. The zero-order valence-electron chi connectivity index (χ0n) is 7.86. The predicted octanol–water partition coefficient (Wildman–Crippen LogP) is -0.0185. The van der Waals surface area contributed by atoms with Crippen molar-refractivity contribution < 1.29 is 0 Å². The number of likely N-dealkylation sites (N-methyl/N-ethyl adjacent to an activating group) is 1. The summed E-state index contributed by atoms with van der Waals surface area (Å²) in [5, 5.41) is 4.30. The van der Waals surface area contributed by atoms with Crippen LogP contribution in [0, 0.1) is 0 Å². The molecule has 1 unspecified atom stereocenters. The van der Waals surface area contributed by atoms with E-state index in [-0.39, 0.29) is 6.04 Å². The Balaban J connectivity index is 2.80. The summed E-state index contributed by atoms with van der Waals surface area (Å²) in [6.45, 7) is 0.601. The van der Waals surface area contributed by atoms with E-state index in [0.29, 0.717) is 6.54 Å². The number of nitrogens with zero attached hydrogens (tertiary/aromatic N) is 3. The molecule has 0 aliphatic heterocycles. The summed E-state index contributed by atoms with van der Waals surface area (Å²) in [5.41, 5.74) is 6.66. The van der Waals surface area contributed by atoms with Crippen LogP contribution in [0.1, 0.15) is 11.7 Å². The first kappa shape index (κ1) is 9.22. The summed E-state index contributed by atoms with van der Waals surface area (Å²) in [6, 6.07) is 2.23. The van der Waals surface area contributed by atoms with Crippen molar-refractivity contribution in [3.63, 3.8) is 0 Å². The minimum absolute atomic E-state index is 0.228. The molecule has 1 aromatic rings. The SMILES string of the molecule is CN(C)C(CN)c1ccn(C)n1. The standard InChI is InChI=1S/C8H16N4/c1-11(2)8(6-9)7-4-5-12(3)10-7/h4-5,8H,6,9H2,1-3H3. The Morgan fingerprint density at radius 1 is 1.67 bits per heavy atom. The summed E-state index contributed by atoms with van der Waals surface area (Å²) >= 11 is 0. The van der Waals surface area contributed by atoms with E-state index in [9.17, 15) is 0 Å². The summed E-state index contributed by atoms with van der Waals surface area (Å²) in [4.78, 5) is 2.07. The lowest BCUT2D eigenvalue weighted by molar-refractivity contribution is 0.298. The highest BCUT2D eigenvalue weighted by Crippen LogP contribution is 2.13. The molecule has 0 fully saturated rings. The fourth-order valence-electron chi connectivity index (χ4n) is 1.21. The number of aromatic nitrogens is 2. The van der Waals surface area contributed by atoms with E-state index in [2.05, 4.69) is 10.00 Å². The van der Waals surface area contributed by atoms with Crippen molar-refractivity contribution in [1.29, 1.82) is 0 Å². The summed E-state index contributed by atoms with van der Waals surface area (Å²) in [6.07, 6.45) is 1.93. The van der Waals surface area contributed by atoms with Gasteiger partial charge >= 0.3 is 0 Å². The molecule has 0 bridgehead atoms. The van der Waals surface area contributed by atoms with Crippen molar-refractivity contribution >= 4 is 0 Å². The van der Waals surface area contributed by atoms with E-state index in [1.807, 2.05) is 33.4 Å². The lowest BCUT2D eigenvalue weighted by atomic mass is 10.2. The number of nitrogens with two attached hydrogens (primary N) is 1. The van der Waals surface area contributed by atoms with Gasteiger partial charge in [0.15, 0.2) is 0 Å². The second-order valence-electron chi connectivity index (χ2n) is 3.13. The maximum atomic E-state index is 5.62. The van der Waals surface area contributed by atoms with E-state index in [4.69, 9.17) is 5.73 Å². The molecule has 1 rings (SSSR count). The van der Waals surface area contributed by atoms with E-state index in [1.165, 1.54) is 0 Å². The molecule has 68 valence electrons. The van der Waals surface area contributed by atoms with Crippen LogP contribution in [0.5, 0.6) is 0 Å². The topological polar surface area (TPSA) is 47.1 Å². The Morgan fingerprint density at radius 2 is 2.33 bits per heavy atom. The quantitative estimate of drug-likeness (QED) is 0.690. The molecule has 4 heteroatoms. The van der Waals surface area contributed by atoms with Crippen molar-refractivity contribution in [2.75, 3.05) is 20.6 Å². The normalized spacial score (nSPS) is 13.8. The Bertz CT molecular complexity index is 241. The van der Waals surface area contributed by atoms with Gasteiger partial charge in [0.05, 0.1) is 11.7 Å². The molecule has 12 heavy (non-hydrogen) atoms. The Kier molecular flexibility index (Phi) is 2.83. The van der Waals surface area contributed by atoms with Gasteiger partial charge in [-0.25, -0.2) is 0 Å². The van der Waals surface area contributed by atoms with Crippen LogP contribution in [0.25, 0.3) is 0 Å². The molecule has 1 atom stereocenters. The van der Waals surface area contributed by atoms with Crippen LogP contribution >= 0.6 is 0 Å². The lowest BCUT2D eigenvalue weighted by Crippen LogP contribution is -2.27. The minimum atomic E-state index is 0.228. The molecule has 2 N–H and O–H groups in total. The van der Waals surface area contributed by atoms with Crippen LogP contribution in [0.4, 0.5) is 0 Å². The average Bonchev–Trinajstić information content (AvgIpc) is 2.37. The maximum Gasteiger partial charge on any atom is 0.0808 e. The monoisotopic (exact) mass is 168 g/mol. The molecule has 0 aromatic carbocycles. The molecule has 1 heterocycles. The first-order valence-electron chi connectivity index (χ1n) is 4.01. The van der Waals surface area contributed by atoms with Gasteiger partial charge in [-0.15, -0.1) is 0 Å². The van der Waals surface area contributed by atoms with Crippen molar-refractivity contribution in [3.05, 3.63) is 18.0 Å². The van der Waals surface area contributed by atoms with Gasteiger partial charge in [0.25, 0.3) is 0 Å². The smallest absolute Gasteiger partial charge is 0.0808 e. The Labute approximate surface area is 73.0 Å². The summed E-state index contributed by atoms with van der Waals surface area (Å²) in [7, 11) is 5.92. The van der Waals surface area contributed by atoms with Gasteiger partial charge in [0.2, 0.25) is 0 Å². The van der Waals surface area contributed by atoms with Crippen molar-refractivity contribution in [2.45, 2.75) is 6.04 Å². The fourth-order valence-corrected chi connectivity index (χ4v) is 1.21. The first-order chi connectivity index (χ1) is 5.65. The van der Waals surface area contributed by atoms with E-state index in [0.717, 1.165) is 5.69 Å². The minimum Gasteiger partial charge on any atom is -0.329 e. The van der Waals surface area contributed by atoms with Crippen LogP contribution in [0.3, 0.4) is 0 Å². The third-order valence-electron chi connectivity index (χ3n) is 1.92. The van der Waals surface area contributed by atoms with Gasteiger partial charge in [-0.1, -0.05) is 0 Å². The molecule has 0 amide bonds. The molecule has 0 saturated carbocycles. The Hall–Kier alpha value is -0.870. The average molecular weight is 168 g/mol. The van der Waals surface area contributed by atoms with E-state index in [1.54, 1.807) is 4.68 Å². The number of hydrogen-bond acceptors (Lipinski definition) is 3. The molecule has 1 aromatic heterocycles. The molecule has 0 saturated heterocycles. The molecular formula is C8H16N4. The van der Waals surface area contributed by atoms with Gasteiger partial charge in [-0.05, 0) is 20.2 Å². The van der Waals surface area contributed by atoms with Gasteiger partial charge in [0.1, 0.15) is 0 Å². The second kappa shape index (κ2) is 3.69. The van der Waals surface area contributed by atoms with Crippen LogP contribution in [0.15, 0.2) is 12.3 Å². The van der Waals surface area contributed by atoms with Crippen LogP contribution in [-0.2, 0) is 7.05 Å². The van der Waals surface area contributed by atoms with Crippen LogP contribution in [0.2, 0.25) is 0 Å². The first-order valence-corrected chi connectivity index (χ1v) is 4.01. The summed E-state index contributed by atoms with van der Waals surface area (Å²) in [5.74, 6) is 0. The second-order valence-corrected chi connectivity index (χ2v) is 3.13. The van der Waals surface area contributed by atoms with Crippen molar-refractivity contribution in [1.82, 2.24) is 14.7 Å². The predicted molar refractivity (Wildman–Crippen MR) is 48.7 cm³/mol. The molecule has 0 radical (unpaired) electrons. The van der Waals surface area contributed by atoms with Gasteiger partial charge < -0.3 is 5.73 Å². The summed E-state index contributed by atoms with van der Waals surface area (Å²) < 4.78 is 1.79. The highest BCUT2D eigenvalue weighted by Gasteiger charge is 2.13. The zero-order chi connectivity index (χ0) is 9.14. The maximum absolute atomic E-state index is 5.62. The highest BCUT2D eigenvalue weighted by atomic mass is 15.3. The molecular weight excluding hydrogens is 152 g/mol. The number of hydrogen-bond donors (Lipinski definition) is 1. The van der Waals surface area contributed by atoms with Crippen LogP contribution < -0.4 is 5.73 Å². The molecule has 0 spiro atoms. The van der Waals surface area contributed by atoms with Crippen molar-refractivity contribution in [2.24, 2.45) is 12.8 Å². The van der Waals surface area contributed by atoms with Gasteiger partial charge in [-0.2, -0.15) is 5.10 Å². The Morgan fingerprint density at radius 3 is 2.67 bits per heavy atom. The number of aryl methyl sites for hydroxylation is 1. The fraction of sp³-hybridized carbons (Fsp3) is 0.625. The third kappa shape index (κ3) is 1.84. The van der Waals surface area contributed by atoms with Gasteiger partial charge in [0, 0.05) is 19.8 Å². The highest BCUT2D eigenvalue weighted by molar-refractivity contribution is 5.05. The third-order valence-corrected chi connectivity index (χ3v) is 1.92. The number of rotatable bonds is 3. The molecule has 0 aliphatic carbocycles. The molecule has 0 aliphatic rings. The van der Waals surface area contributed by atoms with E-state index < -0.39 is 0 Å². The van der Waals surface area contributed by atoms with Gasteiger partial charge in [-0.3, -0.25) is 9.58 Å². The van der Waals surface area contributed by atoms with E-state index >= 15 is 0 Å². The lowest BCUT2D eigenvalue weighted by Gasteiger charge is -2.20. The molecule has 4 nitrogen and oxygen atoms in total. The van der Waals surface area contributed by atoms with Crippen molar-refractivity contribution in [3.8, 4) is 0 Å².